The normalized spacial score (nSPS) is 17.9. The Kier molecular flexibility index (Phi) is 3.08. The molecule has 0 spiro atoms. The SMILES string of the molecule is Fc1ccc2[nH]c3c(c2c1)CCNC3c1cccc(Br)c1. The smallest absolute Gasteiger partial charge is 0.123 e. The zero-order chi connectivity index (χ0) is 14.4. The number of hydrogen-bond donors (Lipinski definition) is 2. The fourth-order valence-corrected chi connectivity index (χ4v) is 3.59. The lowest BCUT2D eigenvalue weighted by molar-refractivity contribution is 0.560. The summed E-state index contributed by atoms with van der Waals surface area (Å²) in [4.78, 5) is 3.47. The van der Waals surface area contributed by atoms with Gasteiger partial charge >= 0.3 is 0 Å². The van der Waals surface area contributed by atoms with Gasteiger partial charge in [0, 0.05) is 27.6 Å². The van der Waals surface area contributed by atoms with Crippen LogP contribution in [0.5, 0.6) is 0 Å². The minimum Gasteiger partial charge on any atom is -0.357 e. The second-order valence-corrected chi connectivity index (χ2v) is 6.31. The van der Waals surface area contributed by atoms with Gasteiger partial charge in [0.05, 0.1) is 6.04 Å². The molecule has 1 aliphatic rings. The summed E-state index contributed by atoms with van der Waals surface area (Å²) in [6.45, 7) is 0.896. The van der Waals surface area contributed by atoms with Gasteiger partial charge in [0.2, 0.25) is 0 Å². The molecule has 2 N–H and O–H groups in total. The number of H-pyrrole nitrogens is 1. The molecule has 1 aliphatic heterocycles. The molecule has 0 bridgehead atoms. The predicted octanol–water partition coefficient (Wildman–Crippen LogP) is 4.30. The maximum atomic E-state index is 13.5. The van der Waals surface area contributed by atoms with Crippen LogP contribution in [-0.2, 0) is 6.42 Å². The Labute approximate surface area is 130 Å². The Bertz CT molecular complexity index is 825. The maximum absolute atomic E-state index is 13.5. The second kappa shape index (κ2) is 4.97. The number of benzene rings is 2. The molecule has 0 saturated heterocycles. The van der Waals surface area contributed by atoms with Crippen LogP contribution in [0.4, 0.5) is 4.39 Å². The highest BCUT2D eigenvalue weighted by atomic mass is 79.9. The Morgan fingerprint density at radius 3 is 2.90 bits per heavy atom. The number of aromatic nitrogens is 1. The summed E-state index contributed by atoms with van der Waals surface area (Å²) in [6, 6.07) is 13.4. The molecule has 1 unspecified atom stereocenters. The van der Waals surface area contributed by atoms with Crippen molar-refractivity contribution in [3.63, 3.8) is 0 Å². The van der Waals surface area contributed by atoms with Gasteiger partial charge < -0.3 is 10.3 Å². The van der Waals surface area contributed by atoms with Gasteiger partial charge in [-0.1, -0.05) is 28.1 Å². The first-order valence-electron chi connectivity index (χ1n) is 7.01. The number of nitrogens with one attached hydrogen (secondary N) is 2. The van der Waals surface area contributed by atoms with Crippen LogP contribution in [0, 0.1) is 5.82 Å². The van der Waals surface area contributed by atoms with Crippen LogP contribution >= 0.6 is 15.9 Å². The Hall–Kier alpha value is -1.65. The van der Waals surface area contributed by atoms with Crippen molar-refractivity contribution < 1.29 is 4.39 Å². The first-order valence-corrected chi connectivity index (χ1v) is 7.80. The van der Waals surface area contributed by atoms with E-state index < -0.39 is 0 Å². The van der Waals surface area contributed by atoms with Gasteiger partial charge in [0.1, 0.15) is 5.82 Å². The lowest BCUT2D eigenvalue weighted by Gasteiger charge is -2.25. The molecule has 21 heavy (non-hydrogen) atoms. The first-order chi connectivity index (χ1) is 10.2. The number of rotatable bonds is 1. The van der Waals surface area contributed by atoms with Crippen molar-refractivity contribution in [3.8, 4) is 0 Å². The van der Waals surface area contributed by atoms with Gasteiger partial charge in [-0.05, 0) is 47.9 Å². The molecule has 1 atom stereocenters. The van der Waals surface area contributed by atoms with Crippen molar-refractivity contribution in [2.24, 2.45) is 0 Å². The Balaban J connectivity index is 1.90. The van der Waals surface area contributed by atoms with Crippen LogP contribution in [0.25, 0.3) is 10.9 Å². The first kappa shape index (κ1) is 13.0. The van der Waals surface area contributed by atoms with Crippen molar-refractivity contribution in [3.05, 3.63) is 69.6 Å². The predicted molar refractivity (Wildman–Crippen MR) is 85.9 cm³/mol. The molecule has 0 aliphatic carbocycles. The lowest BCUT2D eigenvalue weighted by atomic mass is 9.94. The third-order valence-electron chi connectivity index (χ3n) is 4.10. The van der Waals surface area contributed by atoms with Gasteiger partial charge in [-0.15, -0.1) is 0 Å². The average molecular weight is 345 g/mol. The van der Waals surface area contributed by atoms with Crippen LogP contribution in [0.1, 0.15) is 22.9 Å². The topological polar surface area (TPSA) is 27.8 Å². The fourth-order valence-electron chi connectivity index (χ4n) is 3.17. The Morgan fingerprint density at radius 2 is 2.05 bits per heavy atom. The number of halogens is 2. The van der Waals surface area contributed by atoms with Gasteiger partial charge in [-0.25, -0.2) is 4.39 Å². The Morgan fingerprint density at radius 1 is 1.14 bits per heavy atom. The molecular weight excluding hydrogens is 331 g/mol. The summed E-state index contributed by atoms with van der Waals surface area (Å²) in [5.74, 6) is -0.179. The molecule has 4 heteroatoms. The van der Waals surface area contributed by atoms with Gasteiger partial charge in [-0.2, -0.15) is 0 Å². The largest absolute Gasteiger partial charge is 0.357 e. The molecule has 1 aromatic heterocycles. The van der Waals surface area contributed by atoms with Crippen LogP contribution in [0.3, 0.4) is 0 Å². The zero-order valence-corrected chi connectivity index (χ0v) is 12.9. The van der Waals surface area contributed by atoms with Crippen LogP contribution in [0.15, 0.2) is 46.9 Å². The van der Waals surface area contributed by atoms with E-state index in [1.807, 2.05) is 18.2 Å². The molecule has 106 valence electrons. The van der Waals surface area contributed by atoms with Gasteiger partial charge in [0.25, 0.3) is 0 Å². The summed E-state index contributed by atoms with van der Waals surface area (Å²) in [6.07, 6.45) is 0.920. The summed E-state index contributed by atoms with van der Waals surface area (Å²) < 4.78 is 14.6. The van der Waals surface area contributed by atoms with Crippen LogP contribution in [-0.4, -0.2) is 11.5 Å². The van der Waals surface area contributed by atoms with Gasteiger partial charge in [0.15, 0.2) is 0 Å². The van der Waals surface area contributed by atoms with Crippen molar-refractivity contribution in [2.45, 2.75) is 12.5 Å². The van der Waals surface area contributed by atoms with E-state index in [-0.39, 0.29) is 11.9 Å². The highest BCUT2D eigenvalue weighted by molar-refractivity contribution is 9.10. The fraction of sp³-hybridized carbons (Fsp3) is 0.176. The molecule has 2 aromatic carbocycles. The minimum absolute atomic E-state index is 0.127. The number of hydrogen-bond acceptors (Lipinski definition) is 1. The number of aromatic amines is 1. The maximum Gasteiger partial charge on any atom is 0.123 e. The quantitative estimate of drug-likeness (QED) is 0.676. The molecule has 0 amide bonds. The summed E-state index contributed by atoms with van der Waals surface area (Å²) in [5, 5.41) is 4.55. The molecule has 3 aromatic rings. The van der Waals surface area contributed by atoms with Crippen molar-refractivity contribution >= 4 is 26.8 Å². The minimum atomic E-state index is -0.179. The molecular formula is C17H14BrFN2. The molecule has 0 saturated carbocycles. The standard InChI is InChI=1S/C17H14BrFN2/c18-11-3-1-2-10(8-11)16-17-13(6-7-20-16)14-9-12(19)4-5-15(14)21-17/h1-5,8-9,16,20-21H,6-7H2. The zero-order valence-electron chi connectivity index (χ0n) is 11.3. The summed E-state index contributed by atoms with van der Waals surface area (Å²) in [7, 11) is 0. The lowest BCUT2D eigenvalue weighted by Crippen LogP contribution is -2.30. The third kappa shape index (κ3) is 2.19. The molecule has 0 fully saturated rings. The van der Waals surface area contributed by atoms with E-state index in [0.717, 1.165) is 34.0 Å². The highest BCUT2D eigenvalue weighted by Crippen LogP contribution is 2.34. The van der Waals surface area contributed by atoms with E-state index in [2.05, 4.69) is 38.4 Å². The van der Waals surface area contributed by atoms with Crippen molar-refractivity contribution in [1.29, 1.82) is 0 Å². The highest BCUT2D eigenvalue weighted by Gasteiger charge is 2.25. The molecule has 0 radical (unpaired) electrons. The van der Waals surface area contributed by atoms with E-state index in [9.17, 15) is 4.39 Å². The van der Waals surface area contributed by atoms with Crippen LogP contribution in [0.2, 0.25) is 0 Å². The molecule has 2 heterocycles. The summed E-state index contributed by atoms with van der Waals surface area (Å²) >= 11 is 3.53. The average Bonchev–Trinajstić information content (AvgIpc) is 2.85. The second-order valence-electron chi connectivity index (χ2n) is 5.40. The van der Waals surface area contributed by atoms with Crippen molar-refractivity contribution in [2.75, 3.05) is 6.54 Å². The number of fused-ring (bicyclic) bond motifs is 3. The van der Waals surface area contributed by atoms with Crippen molar-refractivity contribution in [1.82, 2.24) is 10.3 Å². The van der Waals surface area contributed by atoms with Crippen LogP contribution < -0.4 is 5.32 Å². The van der Waals surface area contributed by atoms with Gasteiger partial charge in [-0.3, -0.25) is 0 Å². The van der Waals surface area contributed by atoms with E-state index in [0.29, 0.717) is 0 Å². The van der Waals surface area contributed by atoms with E-state index in [4.69, 9.17) is 0 Å². The summed E-state index contributed by atoms with van der Waals surface area (Å²) in [5.41, 5.74) is 4.59. The van der Waals surface area contributed by atoms with E-state index >= 15 is 0 Å². The molecule has 4 rings (SSSR count). The van der Waals surface area contributed by atoms with E-state index in [1.165, 1.54) is 17.2 Å². The third-order valence-corrected chi connectivity index (χ3v) is 4.59. The van der Waals surface area contributed by atoms with E-state index in [1.54, 1.807) is 6.07 Å². The monoisotopic (exact) mass is 344 g/mol. The molecule has 2 nitrogen and oxygen atoms in total.